The van der Waals surface area contributed by atoms with Gasteiger partial charge in [0, 0.05) is 18.8 Å². The van der Waals surface area contributed by atoms with Crippen LogP contribution in [0.1, 0.15) is 23.4 Å². The Morgan fingerprint density at radius 3 is 2.67 bits per heavy atom. The maximum absolute atomic E-state index is 12.1. The molecular formula is C19H22N2O2S. The van der Waals surface area contributed by atoms with Crippen LogP contribution in [0.5, 0.6) is 5.75 Å². The van der Waals surface area contributed by atoms with Gasteiger partial charge in [-0.05, 0) is 30.2 Å². The zero-order chi connectivity index (χ0) is 16.8. The van der Waals surface area contributed by atoms with Gasteiger partial charge in [0.05, 0.1) is 0 Å². The first-order valence-corrected chi connectivity index (χ1v) is 9.25. The monoisotopic (exact) mass is 342 g/mol. The zero-order valence-electron chi connectivity index (χ0n) is 13.8. The van der Waals surface area contributed by atoms with Crippen LogP contribution >= 0.6 is 11.8 Å². The highest BCUT2D eigenvalue weighted by atomic mass is 32.2. The molecule has 0 saturated carbocycles. The Bertz CT molecular complexity index is 661. The van der Waals surface area contributed by atoms with Crippen LogP contribution in [-0.4, -0.2) is 29.8 Å². The van der Waals surface area contributed by atoms with E-state index < -0.39 is 0 Å². The third-order valence-electron chi connectivity index (χ3n) is 3.89. The number of thioether (sulfide) groups is 1. The van der Waals surface area contributed by atoms with Crippen LogP contribution in [0.2, 0.25) is 0 Å². The summed E-state index contributed by atoms with van der Waals surface area (Å²) in [5, 5.41) is 2.97. The number of rotatable bonds is 5. The number of nitrogens with one attached hydrogen (secondary N) is 1. The molecule has 1 unspecified atom stereocenters. The first-order valence-electron chi connectivity index (χ1n) is 8.20. The zero-order valence-corrected chi connectivity index (χ0v) is 14.6. The van der Waals surface area contributed by atoms with Gasteiger partial charge in [-0.1, -0.05) is 42.5 Å². The lowest BCUT2D eigenvalue weighted by Crippen LogP contribution is -2.39. The Kier molecular flexibility index (Phi) is 5.64. The molecule has 1 fully saturated rings. The highest BCUT2D eigenvalue weighted by Crippen LogP contribution is 2.38. The Balaban J connectivity index is 1.62. The summed E-state index contributed by atoms with van der Waals surface area (Å²) in [6.45, 7) is 3.94. The fourth-order valence-electron chi connectivity index (χ4n) is 2.68. The van der Waals surface area contributed by atoms with Crippen molar-refractivity contribution in [3.8, 4) is 5.75 Å². The predicted octanol–water partition coefficient (Wildman–Crippen LogP) is 4.04. The van der Waals surface area contributed by atoms with E-state index in [0.717, 1.165) is 29.2 Å². The molecule has 2 amide bonds. The molecule has 0 spiro atoms. The number of carbonyl (C=O) groups is 1. The second-order valence-electron chi connectivity index (χ2n) is 5.60. The van der Waals surface area contributed by atoms with Crippen LogP contribution < -0.4 is 10.1 Å². The summed E-state index contributed by atoms with van der Waals surface area (Å²) in [7, 11) is 0. The molecule has 1 aliphatic rings. The van der Waals surface area contributed by atoms with Crippen LogP contribution in [0, 0.1) is 0 Å². The van der Waals surface area contributed by atoms with Crippen molar-refractivity contribution in [3.63, 3.8) is 0 Å². The van der Waals surface area contributed by atoms with Crippen LogP contribution in [0.25, 0.3) is 0 Å². The highest BCUT2D eigenvalue weighted by Gasteiger charge is 2.30. The number of hydrogen-bond donors (Lipinski definition) is 1. The minimum atomic E-state index is 0.0110. The summed E-state index contributed by atoms with van der Waals surface area (Å²) in [5.41, 5.74) is 2.28. The van der Waals surface area contributed by atoms with Crippen molar-refractivity contribution in [3.05, 3.63) is 65.7 Å². The van der Waals surface area contributed by atoms with Crippen molar-refractivity contribution in [2.45, 2.75) is 18.9 Å². The van der Waals surface area contributed by atoms with Crippen molar-refractivity contribution in [1.29, 1.82) is 0 Å². The van der Waals surface area contributed by atoms with E-state index in [-0.39, 0.29) is 11.4 Å². The number of ether oxygens (including phenoxy) is 1. The van der Waals surface area contributed by atoms with Gasteiger partial charge in [0.2, 0.25) is 0 Å². The van der Waals surface area contributed by atoms with Crippen molar-refractivity contribution in [1.82, 2.24) is 10.2 Å². The van der Waals surface area contributed by atoms with Gasteiger partial charge in [0.1, 0.15) is 17.7 Å². The molecule has 2 aromatic carbocycles. The van der Waals surface area contributed by atoms with E-state index in [2.05, 4.69) is 17.4 Å². The Morgan fingerprint density at radius 1 is 1.21 bits per heavy atom. The summed E-state index contributed by atoms with van der Waals surface area (Å²) in [6.07, 6.45) is 0. The number of carbonyl (C=O) groups excluding carboxylic acids is 1. The van der Waals surface area contributed by atoms with Crippen LogP contribution in [0.3, 0.4) is 0 Å². The molecule has 0 aliphatic carbocycles. The molecule has 126 valence electrons. The lowest BCUT2D eigenvalue weighted by molar-refractivity contribution is 0.201. The second kappa shape index (κ2) is 8.11. The smallest absolute Gasteiger partial charge is 0.318 e. The van der Waals surface area contributed by atoms with Gasteiger partial charge in [-0.2, -0.15) is 0 Å². The van der Waals surface area contributed by atoms with Gasteiger partial charge >= 0.3 is 6.03 Å². The van der Waals surface area contributed by atoms with Gasteiger partial charge in [0.25, 0.3) is 0 Å². The fourth-order valence-corrected chi connectivity index (χ4v) is 3.93. The summed E-state index contributed by atoms with van der Waals surface area (Å²) >= 11 is 1.80. The average molecular weight is 342 g/mol. The Morgan fingerprint density at radius 2 is 1.96 bits per heavy atom. The summed E-state index contributed by atoms with van der Waals surface area (Å²) in [5.74, 6) is 1.81. The second-order valence-corrected chi connectivity index (χ2v) is 6.78. The summed E-state index contributed by atoms with van der Waals surface area (Å²) in [4.78, 5) is 14.0. The van der Waals surface area contributed by atoms with Gasteiger partial charge < -0.3 is 15.0 Å². The normalized spacial score (nSPS) is 16.9. The highest BCUT2D eigenvalue weighted by molar-refractivity contribution is 7.99. The van der Waals surface area contributed by atoms with Crippen LogP contribution in [0.4, 0.5) is 4.79 Å². The number of hydrogen-bond acceptors (Lipinski definition) is 3. The first-order chi connectivity index (χ1) is 11.8. The predicted molar refractivity (Wildman–Crippen MR) is 98.2 cm³/mol. The first kappa shape index (κ1) is 16.7. The standard InChI is InChI=1S/C19H22N2O2S/c1-2-20-19(22)21-12-13-24-18(21)16-8-10-17(11-9-16)23-14-15-6-4-3-5-7-15/h3-11,18H,2,12-14H2,1H3,(H,20,22). The lowest BCUT2D eigenvalue weighted by atomic mass is 10.2. The third-order valence-corrected chi connectivity index (χ3v) is 5.15. The topological polar surface area (TPSA) is 41.6 Å². The van der Waals surface area contributed by atoms with Gasteiger partial charge in [-0.3, -0.25) is 0 Å². The molecule has 1 N–H and O–H groups in total. The third kappa shape index (κ3) is 4.03. The maximum atomic E-state index is 12.1. The minimum Gasteiger partial charge on any atom is -0.489 e. The molecule has 5 heteroatoms. The molecular weight excluding hydrogens is 320 g/mol. The Labute approximate surface area is 147 Å². The molecule has 4 nitrogen and oxygen atoms in total. The van der Waals surface area contributed by atoms with Crippen LogP contribution in [0.15, 0.2) is 54.6 Å². The lowest BCUT2D eigenvalue weighted by Gasteiger charge is -2.24. The SMILES string of the molecule is CCNC(=O)N1CCSC1c1ccc(OCc2ccccc2)cc1. The molecule has 0 aromatic heterocycles. The molecule has 1 atom stereocenters. The van der Waals surface area contributed by atoms with E-state index in [4.69, 9.17) is 4.74 Å². The number of nitrogens with zero attached hydrogens (tertiary/aromatic N) is 1. The molecule has 3 rings (SSSR count). The molecule has 0 bridgehead atoms. The average Bonchev–Trinajstić information content (AvgIpc) is 3.11. The van der Waals surface area contributed by atoms with Gasteiger partial charge in [0.15, 0.2) is 0 Å². The fraction of sp³-hybridized carbons (Fsp3) is 0.316. The molecule has 24 heavy (non-hydrogen) atoms. The van der Waals surface area contributed by atoms with Crippen molar-refractivity contribution < 1.29 is 9.53 Å². The quantitative estimate of drug-likeness (QED) is 0.891. The maximum Gasteiger partial charge on any atom is 0.318 e. The summed E-state index contributed by atoms with van der Waals surface area (Å²) in [6, 6.07) is 18.2. The van der Waals surface area contributed by atoms with Crippen molar-refractivity contribution in [2.75, 3.05) is 18.8 Å². The van der Waals surface area contributed by atoms with Crippen molar-refractivity contribution >= 4 is 17.8 Å². The van der Waals surface area contributed by atoms with E-state index >= 15 is 0 Å². The molecule has 1 saturated heterocycles. The molecule has 0 radical (unpaired) electrons. The number of benzene rings is 2. The van der Waals surface area contributed by atoms with Gasteiger partial charge in [-0.15, -0.1) is 11.8 Å². The number of urea groups is 1. The molecule has 1 aliphatic heterocycles. The number of amides is 2. The largest absolute Gasteiger partial charge is 0.489 e. The molecule has 2 aromatic rings. The minimum absolute atomic E-state index is 0.0110. The van der Waals surface area contributed by atoms with E-state index in [0.29, 0.717) is 13.2 Å². The Hall–Kier alpha value is -2.14. The van der Waals surface area contributed by atoms with Gasteiger partial charge in [-0.25, -0.2) is 4.79 Å². The van der Waals surface area contributed by atoms with E-state index in [1.54, 1.807) is 11.8 Å². The summed E-state index contributed by atoms with van der Waals surface area (Å²) < 4.78 is 5.82. The van der Waals surface area contributed by atoms with Crippen LogP contribution in [-0.2, 0) is 6.61 Å². The van der Waals surface area contributed by atoms with Crippen molar-refractivity contribution in [2.24, 2.45) is 0 Å². The van der Waals surface area contributed by atoms with E-state index in [1.807, 2.05) is 54.3 Å². The van der Waals surface area contributed by atoms with E-state index in [9.17, 15) is 4.79 Å². The molecule has 1 heterocycles. The van der Waals surface area contributed by atoms with E-state index in [1.165, 1.54) is 0 Å².